The SMILES string of the molecule is CCc1cc(C)c(C)c(CC)c1-c1cnn(-c2[c-]c(Oc3[c-]c4c(cc3)c3ccccc3n4-c3cc(C)ccn3)ccc2)c1.[Pt+2]. The van der Waals surface area contributed by atoms with Gasteiger partial charge in [0.2, 0.25) is 0 Å². The van der Waals surface area contributed by atoms with E-state index in [4.69, 9.17) is 9.84 Å². The minimum atomic E-state index is 0. The Kier molecular flexibility index (Phi) is 8.48. The Balaban J connectivity index is 0.00000357. The van der Waals surface area contributed by atoms with Crippen molar-refractivity contribution in [1.82, 2.24) is 19.3 Å². The van der Waals surface area contributed by atoms with Crippen LogP contribution in [0.2, 0.25) is 0 Å². The van der Waals surface area contributed by atoms with Crippen LogP contribution in [-0.4, -0.2) is 19.3 Å². The topological polar surface area (TPSA) is 44.9 Å². The summed E-state index contributed by atoms with van der Waals surface area (Å²) in [5.74, 6) is 2.06. The van der Waals surface area contributed by atoms with E-state index in [1.54, 1.807) is 0 Å². The van der Waals surface area contributed by atoms with E-state index in [0.29, 0.717) is 11.5 Å². The van der Waals surface area contributed by atoms with Crippen molar-refractivity contribution in [2.45, 2.75) is 47.5 Å². The van der Waals surface area contributed by atoms with Crippen molar-refractivity contribution in [3.05, 3.63) is 131 Å². The molecule has 0 spiro atoms. The van der Waals surface area contributed by atoms with Crippen molar-refractivity contribution in [3.8, 4) is 34.1 Å². The number of aromatic nitrogens is 4. The molecule has 5 nitrogen and oxygen atoms in total. The first kappa shape index (κ1) is 30.6. The molecular weight excluding hydrogens is 736 g/mol. The van der Waals surface area contributed by atoms with Gasteiger partial charge in [-0.15, -0.1) is 35.7 Å². The summed E-state index contributed by atoms with van der Waals surface area (Å²) in [5, 5.41) is 6.99. The fourth-order valence-corrected chi connectivity index (χ4v) is 6.29. The third kappa shape index (κ3) is 5.51. The molecule has 7 aromatic rings. The minimum absolute atomic E-state index is 0. The van der Waals surface area contributed by atoms with Gasteiger partial charge in [-0.05, 0) is 96.3 Å². The predicted molar refractivity (Wildman–Crippen MR) is 178 cm³/mol. The minimum Gasteiger partial charge on any atom is -0.509 e. The number of rotatable bonds is 7. The average molecular weight is 770 g/mol. The summed E-state index contributed by atoms with van der Waals surface area (Å²) in [5.41, 5.74) is 11.8. The molecule has 0 atom stereocenters. The molecule has 4 aromatic carbocycles. The molecule has 226 valence electrons. The quantitative estimate of drug-likeness (QED) is 0.152. The van der Waals surface area contributed by atoms with Crippen LogP contribution in [-0.2, 0) is 33.9 Å². The summed E-state index contributed by atoms with van der Waals surface area (Å²) in [6, 6.07) is 31.7. The third-order valence-electron chi connectivity index (χ3n) is 8.57. The second-order valence-electron chi connectivity index (χ2n) is 11.3. The number of para-hydroxylation sites is 1. The molecule has 0 aliphatic heterocycles. The molecule has 3 heterocycles. The van der Waals surface area contributed by atoms with Crippen LogP contribution in [0.3, 0.4) is 0 Å². The maximum Gasteiger partial charge on any atom is 2.00 e. The van der Waals surface area contributed by atoms with Gasteiger partial charge in [0.25, 0.3) is 0 Å². The number of ether oxygens (including phenoxy) is 1. The van der Waals surface area contributed by atoms with Crippen LogP contribution < -0.4 is 4.74 Å². The molecule has 0 unspecified atom stereocenters. The number of pyridine rings is 1. The summed E-state index contributed by atoms with van der Waals surface area (Å²) in [6.07, 6.45) is 7.87. The van der Waals surface area contributed by atoms with E-state index in [-0.39, 0.29) is 21.1 Å². The number of nitrogens with zero attached hydrogens (tertiary/aromatic N) is 4. The van der Waals surface area contributed by atoms with Gasteiger partial charge in [0.1, 0.15) is 5.82 Å². The zero-order chi connectivity index (χ0) is 30.4. The molecule has 0 aliphatic carbocycles. The predicted octanol–water partition coefficient (Wildman–Crippen LogP) is 9.47. The van der Waals surface area contributed by atoms with Crippen LogP contribution >= 0.6 is 0 Å². The van der Waals surface area contributed by atoms with Gasteiger partial charge in [0.15, 0.2) is 0 Å². The maximum atomic E-state index is 6.37. The van der Waals surface area contributed by atoms with Gasteiger partial charge in [-0.1, -0.05) is 43.6 Å². The Morgan fingerprint density at radius 3 is 2.44 bits per heavy atom. The molecule has 0 bridgehead atoms. The normalized spacial score (nSPS) is 11.2. The number of hydrogen-bond acceptors (Lipinski definition) is 3. The van der Waals surface area contributed by atoms with Crippen LogP contribution in [0.1, 0.15) is 41.7 Å². The molecule has 6 heteroatoms. The summed E-state index contributed by atoms with van der Waals surface area (Å²) in [6.45, 7) is 11.0. The van der Waals surface area contributed by atoms with E-state index in [9.17, 15) is 0 Å². The Morgan fingerprint density at radius 2 is 1.64 bits per heavy atom. The van der Waals surface area contributed by atoms with Crippen LogP contribution in [0.4, 0.5) is 0 Å². The smallest absolute Gasteiger partial charge is 0.509 e. The number of benzene rings is 4. The molecule has 3 aromatic heterocycles. The Morgan fingerprint density at radius 1 is 0.822 bits per heavy atom. The number of hydrogen-bond donors (Lipinski definition) is 0. The standard InChI is InChI=1S/C39H34N4O.Pt/c1-6-28-20-26(4)27(5)33(7-2)39(28)29-23-41-42(24-29)30-11-10-12-31(21-30)44-32-15-16-35-34-13-8-9-14-36(34)43(37(35)22-32)38-19-25(3)17-18-40-38;/h8-20,23-24H,6-7H2,1-5H3;/q-2;+2. The zero-order valence-electron chi connectivity index (χ0n) is 26.1. The Hall–Kier alpha value is -4.47. The van der Waals surface area contributed by atoms with Gasteiger partial charge >= 0.3 is 21.1 Å². The van der Waals surface area contributed by atoms with Gasteiger partial charge in [0.05, 0.1) is 6.20 Å². The van der Waals surface area contributed by atoms with Crippen molar-refractivity contribution in [3.63, 3.8) is 0 Å². The van der Waals surface area contributed by atoms with Gasteiger partial charge in [-0.3, -0.25) is 4.68 Å². The summed E-state index contributed by atoms with van der Waals surface area (Å²) in [7, 11) is 0. The van der Waals surface area contributed by atoms with Crippen LogP contribution in [0.15, 0.2) is 91.4 Å². The van der Waals surface area contributed by atoms with Gasteiger partial charge < -0.3 is 9.30 Å². The van der Waals surface area contributed by atoms with Crippen molar-refractivity contribution < 1.29 is 25.8 Å². The summed E-state index contributed by atoms with van der Waals surface area (Å²) < 4.78 is 10.4. The second kappa shape index (κ2) is 12.5. The van der Waals surface area contributed by atoms with Crippen molar-refractivity contribution in [1.29, 1.82) is 0 Å². The summed E-state index contributed by atoms with van der Waals surface area (Å²) in [4.78, 5) is 4.68. The van der Waals surface area contributed by atoms with E-state index in [2.05, 4.69) is 105 Å². The van der Waals surface area contributed by atoms with Crippen molar-refractivity contribution in [2.75, 3.05) is 0 Å². The molecule has 45 heavy (non-hydrogen) atoms. The number of fused-ring (bicyclic) bond motifs is 3. The van der Waals surface area contributed by atoms with Crippen LogP contribution in [0.5, 0.6) is 11.5 Å². The van der Waals surface area contributed by atoms with Crippen molar-refractivity contribution in [2.24, 2.45) is 0 Å². The van der Waals surface area contributed by atoms with E-state index >= 15 is 0 Å². The van der Waals surface area contributed by atoms with E-state index in [1.165, 1.54) is 27.8 Å². The number of aryl methyl sites for hydroxylation is 3. The second-order valence-corrected chi connectivity index (χ2v) is 11.3. The van der Waals surface area contributed by atoms with E-state index in [1.807, 2.05) is 47.4 Å². The first-order valence-corrected chi connectivity index (χ1v) is 15.2. The molecule has 0 saturated heterocycles. The zero-order valence-corrected chi connectivity index (χ0v) is 28.4. The molecule has 0 amide bonds. The first-order chi connectivity index (χ1) is 21.4. The molecule has 0 saturated carbocycles. The largest absolute Gasteiger partial charge is 2.00 e. The fourth-order valence-electron chi connectivity index (χ4n) is 6.29. The van der Waals surface area contributed by atoms with E-state index < -0.39 is 0 Å². The van der Waals surface area contributed by atoms with Gasteiger partial charge in [0, 0.05) is 35.0 Å². The molecule has 0 aliphatic rings. The van der Waals surface area contributed by atoms with E-state index in [0.717, 1.165) is 57.3 Å². The molecule has 7 rings (SSSR count). The van der Waals surface area contributed by atoms with Gasteiger partial charge in [-0.2, -0.15) is 17.2 Å². The Labute approximate surface area is 278 Å². The molecule has 0 fully saturated rings. The molecular formula is C39H34N4OPt. The fraction of sp³-hybridized carbons (Fsp3) is 0.179. The maximum absolute atomic E-state index is 6.37. The summed E-state index contributed by atoms with van der Waals surface area (Å²) >= 11 is 0. The Bertz CT molecular complexity index is 2170. The monoisotopic (exact) mass is 769 g/mol. The average Bonchev–Trinajstić information content (AvgIpc) is 3.65. The van der Waals surface area contributed by atoms with Crippen molar-refractivity contribution >= 4 is 21.8 Å². The third-order valence-corrected chi connectivity index (χ3v) is 8.57. The van der Waals surface area contributed by atoms with Crippen LogP contribution in [0, 0.1) is 32.9 Å². The molecule has 0 radical (unpaired) electrons. The molecule has 0 N–H and O–H groups in total. The first-order valence-electron chi connectivity index (χ1n) is 15.2. The van der Waals surface area contributed by atoms with Crippen LogP contribution in [0.25, 0.3) is 44.4 Å². The van der Waals surface area contributed by atoms with Gasteiger partial charge in [-0.25, -0.2) is 4.98 Å².